The van der Waals surface area contributed by atoms with Gasteiger partial charge in [-0.05, 0) is 35.5 Å². The standard InChI is InChI=1S/C17H14N6O2/c1-25-13-6-5-10-8-15(19-14(10)9-13)17(24)18-12-4-2-3-11(7-12)16-20-22-23-21-16/h2-9,19H,1H3,(H,18,24)(H,20,21,22,23). The molecule has 8 nitrogen and oxygen atoms in total. The number of tetrazole rings is 1. The number of nitrogens with one attached hydrogen (secondary N) is 3. The largest absolute Gasteiger partial charge is 0.497 e. The molecule has 0 bridgehead atoms. The van der Waals surface area contributed by atoms with Crippen molar-refractivity contribution in [2.75, 3.05) is 12.4 Å². The van der Waals surface area contributed by atoms with Crippen molar-refractivity contribution in [3.05, 3.63) is 54.2 Å². The van der Waals surface area contributed by atoms with Gasteiger partial charge in [0.25, 0.3) is 5.91 Å². The number of ether oxygens (including phenoxy) is 1. The van der Waals surface area contributed by atoms with E-state index in [-0.39, 0.29) is 5.91 Å². The van der Waals surface area contributed by atoms with Crippen LogP contribution in [-0.4, -0.2) is 38.6 Å². The molecule has 0 saturated carbocycles. The van der Waals surface area contributed by atoms with Crippen molar-refractivity contribution in [3.8, 4) is 17.1 Å². The van der Waals surface area contributed by atoms with Gasteiger partial charge in [-0.2, -0.15) is 5.21 Å². The normalized spacial score (nSPS) is 10.8. The smallest absolute Gasteiger partial charge is 0.272 e. The van der Waals surface area contributed by atoms with Gasteiger partial charge in [0.1, 0.15) is 11.4 Å². The molecule has 4 rings (SSSR count). The fraction of sp³-hybridized carbons (Fsp3) is 0.0588. The minimum Gasteiger partial charge on any atom is -0.497 e. The van der Waals surface area contributed by atoms with Crippen LogP contribution in [0.1, 0.15) is 10.5 Å². The fourth-order valence-corrected chi connectivity index (χ4v) is 2.57. The molecule has 0 fully saturated rings. The lowest BCUT2D eigenvalue weighted by atomic mass is 10.2. The zero-order valence-electron chi connectivity index (χ0n) is 13.3. The zero-order chi connectivity index (χ0) is 17.2. The molecule has 0 atom stereocenters. The van der Waals surface area contributed by atoms with Gasteiger partial charge in [-0.25, -0.2) is 0 Å². The molecule has 1 amide bonds. The third kappa shape index (κ3) is 2.92. The summed E-state index contributed by atoms with van der Waals surface area (Å²) in [5.74, 6) is 0.961. The quantitative estimate of drug-likeness (QED) is 0.531. The summed E-state index contributed by atoms with van der Waals surface area (Å²) in [6.45, 7) is 0. The van der Waals surface area contributed by atoms with E-state index in [0.717, 1.165) is 22.2 Å². The number of benzene rings is 2. The summed E-state index contributed by atoms with van der Waals surface area (Å²) in [5, 5.41) is 17.6. The molecule has 8 heteroatoms. The van der Waals surface area contributed by atoms with Crippen LogP contribution in [-0.2, 0) is 0 Å². The Morgan fingerprint density at radius 2 is 2.08 bits per heavy atom. The van der Waals surface area contributed by atoms with Gasteiger partial charge >= 0.3 is 0 Å². The van der Waals surface area contributed by atoms with Gasteiger partial charge in [-0.3, -0.25) is 4.79 Å². The van der Waals surface area contributed by atoms with E-state index in [1.807, 2.05) is 30.3 Å². The Hall–Kier alpha value is -3.68. The Morgan fingerprint density at radius 3 is 2.88 bits per heavy atom. The van der Waals surface area contributed by atoms with Crippen LogP contribution in [0, 0.1) is 0 Å². The molecule has 2 aromatic carbocycles. The van der Waals surface area contributed by atoms with E-state index in [4.69, 9.17) is 4.74 Å². The second-order valence-corrected chi connectivity index (χ2v) is 5.41. The summed E-state index contributed by atoms with van der Waals surface area (Å²) in [6, 6.07) is 14.6. The third-order valence-electron chi connectivity index (χ3n) is 3.80. The van der Waals surface area contributed by atoms with Gasteiger partial charge in [-0.15, -0.1) is 10.2 Å². The van der Waals surface area contributed by atoms with Crippen LogP contribution in [0.2, 0.25) is 0 Å². The van der Waals surface area contributed by atoms with E-state index in [1.54, 1.807) is 25.3 Å². The summed E-state index contributed by atoms with van der Waals surface area (Å²) < 4.78 is 5.20. The summed E-state index contributed by atoms with van der Waals surface area (Å²) in [4.78, 5) is 15.6. The fourth-order valence-electron chi connectivity index (χ4n) is 2.57. The maximum Gasteiger partial charge on any atom is 0.272 e. The maximum atomic E-state index is 12.5. The number of aromatic amines is 2. The minimum atomic E-state index is -0.236. The number of anilines is 1. The highest BCUT2D eigenvalue weighted by Crippen LogP contribution is 2.23. The van der Waals surface area contributed by atoms with Crippen LogP contribution in [0.15, 0.2) is 48.5 Å². The van der Waals surface area contributed by atoms with Crippen molar-refractivity contribution in [3.63, 3.8) is 0 Å². The highest BCUT2D eigenvalue weighted by atomic mass is 16.5. The molecule has 25 heavy (non-hydrogen) atoms. The lowest BCUT2D eigenvalue weighted by molar-refractivity contribution is 0.102. The number of amides is 1. The van der Waals surface area contributed by atoms with Crippen molar-refractivity contribution >= 4 is 22.5 Å². The highest BCUT2D eigenvalue weighted by molar-refractivity contribution is 6.06. The molecule has 124 valence electrons. The number of aromatic nitrogens is 5. The molecule has 0 aliphatic heterocycles. The van der Waals surface area contributed by atoms with E-state index in [0.29, 0.717) is 17.2 Å². The number of hydrogen-bond donors (Lipinski definition) is 3. The number of carbonyl (C=O) groups excluding carboxylic acids is 1. The molecular formula is C17H14N6O2. The van der Waals surface area contributed by atoms with E-state index in [1.165, 1.54) is 0 Å². The van der Waals surface area contributed by atoms with Crippen molar-refractivity contribution in [1.82, 2.24) is 25.6 Å². The number of fused-ring (bicyclic) bond motifs is 1. The molecule has 0 radical (unpaired) electrons. The zero-order valence-corrected chi connectivity index (χ0v) is 13.3. The lowest BCUT2D eigenvalue weighted by Crippen LogP contribution is -2.12. The van der Waals surface area contributed by atoms with E-state index in [9.17, 15) is 4.79 Å². The van der Waals surface area contributed by atoms with Crippen LogP contribution in [0.25, 0.3) is 22.3 Å². The molecule has 0 aliphatic carbocycles. The SMILES string of the molecule is COc1ccc2cc(C(=O)Nc3cccc(-c4nn[nH]n4)c3)[nH]c2c1. The van der Waals surface area contributed by atoms with Crippen molar-refractivity contribution in [2.24, 2.45) is 0 Å². The van der Waals surface area contributed by atoms with Gasteiger partial charge in [0.2, 0.25) is 5.82 Å². The molecule has 2 aromatic heterocycles. The molecule has 3 N–H and O–H groups in total. The number of methoxy groups -OCH3 is 1. The predicted molar refractivity (Wildman–Crippen MR) is 92.4 cm³/mol. The Morgan fingerprint density at radius 1 is 1.16 bits per heavy atom. The first kappa shape index (κ1) is 14.9. The van der Waals surface area contributed by atoms with Gasteiger partial charge in [0, 0.05) is 28.2 Å². The number of hydrogen-bond acceptors (Lipinski definition) is 5. The third-order valence-corrected chi connectivity index (χ3v) is 3.80. The minimum absolute atomic E-state index is 0.236. The van der Waals surface area contributed by atoms with Crippen molar-refractivity contribution < 1.29 is 9.53 Å². The van der Waals surface area contributed by atoms with Gasteiger partial charge < -0.3 is 15.0 Å². The van der Waals surface area contributed by atoms with Crippen molar-refractivity contribution in [2.45, 2.75) is 0 Å². The first-order valence-electron chi connectivity index (χ1n) is 7.55. The predicted octanol–water partition coefficient (Wildman–Crippen LogP) is 2.61. The van der Waals surface area contributed by atoms with E-state index < -0.39 is 0 Å². The molecule has 0 spiro atoms. The second kappa shape index (κ2) is 6.08. The molecule has 4 aromatic rings. The summed E-state index contributed by atoms with van der Waals surface area (Å²) in [7, 11) is 1.61. The molecule has 0 unspecified atom stereocenters. The van der Waals surface area contributed by atoms with Crippen LogP contribution in [0.3, 0.4) is 0 Å². The average Bonchev–Trinajstić information content (AvgIpc) is 3.31. The number of nitrogens with zero attached hydrogens (tertiary/aromatic N) is 3. The first-order valence-corrected chi connectivity index (χ1v) is 7.55. The molecular weight excluding hydrogens is 320 g/mol. The monoisotopic (exact) mass is 334 g/mol. The van der Waals surface area contributed by atoms with Crippen molar-refractivity contribution in [1.29, 1.82) is 0 Å². The number of rotatable bonds is 4. The first-order chi connectivity index (χ1) is 12.2. The summed E-state index contributed by atoms with van der Waals surface area (Å²) >= 11 is 0. The second-order valence-electron chi connectivity index (χ2n) is 5.41. The van der Waals surface area contributed by atoms with Gasteiger partial charge in [0.05, 0.1) is 7.11 Å². The summed E-state index contributed by atoms with van der Waals surface area (Å²) in [6.07, 6.45) is 0. The van der Waals surface area contributed by atoms with Gasteiger partial charge in [-0.1, -0.05) is 12.1 Å². The van der Waals surface area contributed by atoms with Crippen LogP contribution in [0.5, 0.6) is 5.75 Å². The van der Waals surface area contributed by atoms with Crippen LogP contribution in [0.4, 0.5) is 5.69 Å². The Labute approximate surface area is 142 Å². The Bertz CT molecular complexity index is 1040. The lowest BCUT2D eigenvalue weighted by Gasteiger charge is -2.04. The Balaban J connectivity index is 1.59. The maximum absolute atomic E-state index is 12.5. The number of H-pyrrole nitrogens is 2. The molecule has 0 aliphatic rings. The molecule has 2 heterocycles. The van der Waals surface area contributed by atoms with Crippen LogP contribution >= 0.6 is 0 Å². The average molecular weight is 334 g/mol. The van der Waals surface area contributed by atoms with Crippen LogP contribution < -0.4 is 10.1 Å². The van der Waals surface area contributed by atoms with E-state index in [2.05, 4.69) is 30.9 Å². The van der Waals surface area contributed by atoms with E-state index >= 15 is 0 Å². The topological polar surface area (TPSA) is 109 Å². The Kier molecular flexibility index (Phi) is 3.62. The number of carbonyl (C=O) groups is 1. The van der Waals surface area contributed by atoms with Gasteiger partial charge in [0.15, 0.2) is 0 Å². The molecule has 0 saturated heterocycles. The summed E-state index contributed by atoms with van der Waals surface area (Å²) in [5.41, 5.74) is 2.70. The highest BCUT2D eigenvalue weighted by Gasteiger charge is 2.11.